The summed E-state index contributed by atoms with van der Waals surface area (Å²) >= 11 is 0. The monoisotopic (exact) mass is 262 g/mol. The summed E-state index contributed by atoms with van der Waals surface area (Å²) in [6, 6.07) is 4.26. The first-order valence-corrected chi connectivity index (χ1v) is 6.76. The Morgan fingerprint density at radius 1 is 1.26 bits per heavy atom. The lowest BCUT2D eigenvalue weighted by Gasteiger charge is -2.09. The largest absolute Gasteiger partial charge is 0.386 e. The van der Waals surface area contributed by atoms with E-state index in [0.717, 1.165) is 23.5 Å². The molecule has 1 N–H and O–H groups in total. The molecule has 0 bridgehead atoms. The molecule has 5 nitrogen and oxygen atoms in total. The van der Waals surface area contributed by atoms with Crippen LogP contribution in [0.1, 0.15) is 50.0 Å². The average Bonchev–Trinajstić information content (AvgIpc) is 2.95. The lowest BCUT2D eigenvalue weighted by molar-refractivity contribution is 0.167. The second-order valence-electron chi connectivity index (χ2n) is 5.14. The molecule has 1 unspecified atom stereocenters. The van der Waals surface area contributed by atoms with Crippen LogP contribution in [0.4, 0.5) is 0 Å². The fourth-order valence-electron chi connectivity index (χ4n) is 2.10. The topological polar surface area (TPSA) is 55.9 Å². The number of nitrogens with zero attached hydrogens (tertiary/aromatic N) is 4. The van der Waals surface area contributed by atoms with E-state index in [1.54, 1.807) is 4.68 Å². The molecule has 19 heavy (non-hydrogen) atoms. The highest BCUT2D eigenvalue weighted by molar-refractivity contribution is 5.15. The quantitative estimate of drug-likeness (QED) is 0.897. The van der Waals surface area contributed by atoms with Gasteiger partial charge in [-0.25, -0.2) is 0 Å². The fourth-order valence-corrected chi connectivity index (χ4v) is 2.10. The van der Waals surface area contributed by atoms with Gasteiger partial charge in [0.1, 0.15) is 6.10 Å². The van der Waals surface area contributed by atoms with E-state index >= 15 is 0 Å². The van der Waals surface area contributed by atoms with E-state index in [0.29, 0.717) is 12.5 Å². The maximum atomic E-state index is 10.3. The zero-order valence-corrected chi connectivity index (χ0v) is 12.0. The maximum absolute atomic E-state index is 10.3. The molecule has 1 atom stereocenters. The second kappa shape index (κ2) is 5.57. The van der Waals surface area contributed by atoms with Crippen LogP contribution in [-0.4, -0.2) is 24.7 Å². The molecule has 0 aromatic carbocycles. The molecule has 0 spiro atoms. The van der Waals surface area contributed by atoms with E-state index in [1.165, 1.54) is 0 Å². The number of aryl methyl sites for hydroxylation is 2. The maximum Gasteiger partial charge on any atom is 0.101 e. The first-order chi connectivity index (χ1) is 9.01. The van der Waals surface area contributed by atoms with Gasteiger partial charge in [0.05, 0.1) is 17.1 Å². The van der Waals surface area contributed by atoms with Gasteiger partial charge < -0.3 is 5.11 Å². The first-order valence-electron chi connectivity index (χ1n) is 6.76. The highest BCUT2D eigenvalue weighted by atomic mass is 16.3. The number of aromatic nitrogens is 4. The van der Waals surface area contributed by atoms with E-state index in [9.17, 15) is 5.11 Å². The highest BCUT2D eigenvalue weighted by Gasteiger charge is 2.16. The van der Waals surface area contributed by atoms with Crippen LogP contribution in [0.2, 0.25) is 0 Å². The molecule has 0 aliphatic carbocycles. The minimum Gasteiger partial charge on any atom is -0.386 e. The van der Waals surface area contributed by atoms with Crippen molar-refractivity contribution in [2.45, 2.75) is 45.8 Å². The van der Waals surface area contributed by atoms with Crippen LogP contribution in [0.25, 0.3) is 0 Å². The van der Waals surface area contributed by atoms with Crippen LogP contribution in [-0.2, 0) is 19.9 Å². The van der Waals surface area contributed by atoms with Crippen LogP contribution in [0.15, 0.2) is 18.3 Å². The van der Waals surface area contributed by atoms with Crippen LogP contribution in [0.3, 0.4) is 0 Å². The third-order valence-electron chi connectivity index (χ3n) is 3.27. The van der Waals surface area contributed by atoms with Crippen molar-refractivity contribution in [3.05, 3.63) is 35.4 Å². The number of hydrogen-bond donors (Lipinski definition) is 1. The van der Waals surface area contributed by atoms with Gasteiger partial charge in [-0.15, -0.1) is 0 Å². The van der Waals surface area contributed by atoms with E-state index in [-0.39, 0.29) is 0 Å². The SMILES string of the molecule is CCc1cc(C(O)Cc2ccn(C(C)C)n2)n(C)n1. The zero-order chi connectivity index (χ0) is 14.0. The Morgan fingerprint density at radius 2 is 2.00 bits per heavy atom. The standard InChI is InChI=1S/C14H22N4O/c1-5-11-8-13(17(4)15-11)14(19)9-12-6-7-18(16-12)10(2)3/h6-8,10,14,19H,5,9H2,1-4H3. The summed E-state index contributed by atoms with van der Waals surface area (Å²) in [6.45, 7) is 6.23. The Labute approximate surface area is 113 Å². The van der Waals surface area contributed by atoms with Crippen molar-refractivity contribution in [1.29, 1.82) is 0 Å². The van der Waals surface area contributed by atoms with E-state index in [2.05, 4.69) is 31.0 Å². The van der Waals surface area contributed by atoms with Crippen molar-refractivity contribution in [3.63, 3.8) is 0 Å². The van der Waals surface area contributed by atoms with Gasteiger partial charge in [0.25, 0.3) is 0 Å². The molecule has 0 aliphatic heterocycles. The summed E-state index contributed by atoms with van der Waals surface area (Å²) in [7, 11) is 1.87. The zero-order valence-electron chi connectivity index (χ0n) is 12.0. The van der Waals surface area contributed by atoms with Gasteiger partial charge in [-0.1, -0.05) is 6.92 Å². The minimum atomic E-state index is -0.562. The highest BCUT2D eigenvalue weighted by Crippen LogP contribution is 2.18. The van der Waals surface area contributed by atoms with Gasteiger partial charge in [-0.3, -0.25) is 9.36 Å². The molecule has 2 aromatic rings. The van der Waals surface area contributed by atoms with Gasteiger partial charge in [-0.2, -0.15) is 10.2 Å². The van der Waals surface area contributed by atoms with Crippen molar-refractivity contribution in [3.8, 4) is 0 Å². The molecule has 0 fully saturated rings. The van der Waals surface area contributed by atoms with Crippen molar-refractivity contribution in [2.75, 3.05) is 0 Å². The number of hydrogen-bond acceptors (Lipinski definition) is 3. The molecular formula is C14H22N4O. The van der Waals surface area contributed by atoms with Crippen molar-refractivity contribution in [1.82, 2.24) is 19.6 Å². The summed E-state index contributed by atoms with van der Waals surface area (Å²) < 4.78 is 3.66. The van der Waals surface area contributed by atoms with Crippen LogP contribution >= 0.6 is 0 Å². The Bertz CT molecular complexity index is 541. The fraction of sp³-hybridized carbons (Fsp3) is 0.571. The smallest absolute Gasteiger partial charge is 0.101 e. The van der Waals surface area contributed by atoms with E-state index in [4.69, 9.17) is 0 Å². The van der Waals surface area contributed by atoms with Crippen LogP contribution < -0.4 is 0 Å². The summed E-state index contributed by atoms with van der Waals surface area (Å²) in [5.41, 5.74) is 2.75. The summed E-state index contributed by atoms with van der Waals surface area (Å²) in [4.78, 5) is 0. The summed E-state index contributed by atoms with van der Waals surface area (Å²) in [6.07, 6.45) is 2.78. The molecule has 5 heteroatoms. The van der Waals surface area contributed by atoms with Crippen molar-refractivity contribution < 1.29 is 5.11 Å². The number of aliphatic hydroxyl groups excluding tert-OH is 1. The van der Waals surface area contributed by atoms with Crippen molar-refractivity contribution >= 4 is 0 Å². The minimum absolute atomic E-state index is 0.342. The average molecular weight is 262 g/mol. The molecule has 0 aliphatic rings. The Kier molecular flexibility index (Phi) is 4.04. The Balaban J connectivity index is 2.10. The van der Waals surface area contributed by atoms with Gasteiger partial charge >= 0.3 is 0 Å². The van der Waals surface area contributed by atoms with E-state index < -0.39 is 6.10 Å². The van der Waals surface area contributed by atoms with Gasteiger partial charge in [0, 0.05) is 25.7 Å². The third kappa shape index (κ3) is 3.04. The normalized spacial score (nSPS) is 13.2. The number of rotatable bonds is 5. The van der Waals surface area contributed by atoms with Crippen LogP contribution in [0.5, 0.6) is 0 Å². The molecule has 2 rings (SSSR count). The Hall–Kier alpha value is -1.62. The molecule has 104 valence electrons. The lowest BCUT2D eigenvalue weighted by atomic mass is 10.1. The van der Waals surface area contributed by atoms with Crippen molar-refractivity contribution in [2.24, 2.45) is 7.05 Å². The molecule has 2 aromatic heterocycles. The molecule has 2 heterocycles. The number of aliphatic hydroxyl groups is 1. The predicted octanol–water partition coefficient (Wildman–Crippen LogP) is 2.04. The molecule has 0 saturated carbocycles. The molecule has 0 saturated heterocycles. The molecule has 0 radical (unpaired) electrons. The van der Waals surface area contributed by atoms with Gasteiger partial charge in [-0.05, 0) is 32.4 Å². The van der Waals surface area contributed by atoms with E-state index in [1.807, 2.05) is 30.1 Å². The van der Waals surface area contributed by atoms with Crippen LogP contribution in [0, 0.1) is 0 Å². The molecular weight excluding hydrogens is 240 g/mol. The first kappa shape index (κ1) is 13.8. The predicted molar refractivity (Wildman–Crippen MR) is 73.9 cm³/mol. The van der Waals surface area contributed by atoms with Gasteiger partial charge in [0.15, 0.2) is 0 Å². The third-order valence-corrected chi connectivity index (χ3v) is 3.27. The second-order valence-corrected chi connectivity index (χ2v) is 5.14. The summed E-state index contributed by atoms with van der Waals surface area (Å²) in [5.74, 6) is 0. The Morgan fingerprint density at radius 3 is 2.53 bits per heavy atom. The molecule has 0 amide bonds. The lowest BCUT2D eigenvalue weighted by Crippen LogP contribution is -2.09. The summed E-state index contributed by atoms with van der Waals surface area (Å²) in [5, 5.41) is 19.1. The van der Waals surface area contributed by atoms with Gasteiger partial charge in [0.2, 0.25) is 0 Å².